The molecule has 23 heavy (non-hydrogen) atoms. The van der Waals surface area contributed by atoms with Crippen molar-refractivity contribution in [2.24, 2.45) is 0 Å². The van der Waals surface area contributed by atoms with E-state index >= 15 is 0 Å². The lowest BCUT2D eigenvalue weighted by molar-refractivity contribution is 0.00578. The largest absolute Gasteiger partial charge is 0.534 e. The van der Waals surface area contributed by atoms with Gasteiger partial charge in [0.2, 0.25) is 0 Å². The Morgan fingerprint density at radius 3 is 2.30 bits per heavy atom. The van der Waals surface area contributed by atoms with E-state index in [9.17, 15) is 4.39 Å². The highest BCUT2D eigenvalue weighted by molar-refractivity contribution is 6.60. The Labute approximate surface area is 136 Å². The zero-order valence-corrected chi connectivity index (χ0v) is 14.1. The summed E-state index contributed by atoms with van der Waals surface area (Å²) < 4.78 is 25.3. The molecule has 1 fully saturated rings. The normalized spacial score (nSPS) is 19.1. The summed E-state index contributed by atoms with van der Waals surface area (Å²) in [6, 6.07) is 6.45. The van der Waals surface area contributed by atoms with E-state index in [4.69, 9.17) is 9.31 Å². The highest BCUT2D eigenvalue weighted by Crippen LogP contribution is 2.36. The Balaban J connectivity index is 1.95. The van der Waals surface area contributed by atoms with Crippen molar-refractivity contribution < 1.29 is 13.7 Å². The zero-order chi connectivity index (χ0) is 16.8. The van der Waals surface area contributed by atoms with Crippen molar-refractivity contribution >= 4 is 12.8 Å². The first-order chi connectivity index (χ1) is 10.7. The number of hydrogen-bond donors (Lipinski definition) is 0. The van der Waals surface area contributed by atoms with Crippen LogP contribution in [-0.2, 0) is 9.31 Å². The molecule has 0 radical (unpaired) electrons. The summed E-state index contributed by atoms with van der Waals surface area (Å²) >= 11 is 0. The Hall–Kier alpha value is -1.79. The van der Waals surface area contributed by atoms with Gasteiger partial charge in [0, 0.05) is 11.8 Å². The molecule has 0 aliphatic carbocycles. The molecule has 0 amide bonds. The fourth-order valence-corrected chi connectivity index (χ4v) is 2.50. The molecule has 0 N–H and O–H groups in total. The lowest BCUT2D eigenvalue weighted by Crippen LogP contribution is -2.41. The Morgan fingerprint density at radius 2 is 1.70 bits per heavy atom. The number of halogens is 1. The molecule has 0 saturated carbocycles. The minimum Gasteiger partial charge on any atom is -0.397 e. The number of nitrogens with zero attached hydrogens (tertiary/aromatic N) is 2. The highest BCUT2D eigenvalue weighted by Gasteiger charge is 2.53. The van der Waals surface area contributed by atoms with Gasteiger partial charge in [-0.1, -0.05) is 0 Å². The van der Waals surface area contributed by atoms with Gasteiger partial charge in [-0.05, 0) is 64.4 Å². The lowest BCUT2D eigenvalue weighted by Gasteiger charge is -2.32. The van der Waals surface area contributed by atoms with Gasteiger partial charge >= 0.3 is 7.12 Å². The van der Waals surface area contributed by atoms with Crippen LogP contribution in [0.2, 0.25) is 0 Å². The fraction of sp³-hybridized carbons (Fsp3) is 0.412. The maximum Gasteiger partial charge on any atom is 0.534 e. The Bertz CT molecular complexity index is 733. The van der Waals surface area contributed by atoms with E-state index in [0.717, 1.165) is 16.8 Å². The van der Waals surface area contributed by atoms with Crippen molar-refractivity contribution in [3.63, 3.8) is 0 Å². The smallest absolute Gasteiger partial charge is 0.397 e. The summed E-state index contributed by atoms with van der Waals surface area (Å²) in [7, 11) is -0.610. The molecule has 0 bridgehead atoms. The summed E-state index contributed by atoms with van der Waals surface area (Å²) in [5.41, 5.74) is 2.01. The number of rotatable bonds is 2. The standard InChI is InChI=1S/C17H20BFN2O2/c1-11-10-12(19)6-7-13(11)14-8-9-20-15(21-14)18-22-16(2,3)17(4,5)23-18/h6-10H,1-5H3. The van der Waals surface area contributed by atoms with Crippen molar-refractivity contribution in [3.8, 4) is 11.3 Å². The van der Waals surface area contributed by atoms with E-state index in [1.165, 1.54) is 12.1 Å². The van der Waals surface area contributed by atoms with Crippen LogP contribution in [0.3, 0.4) is 0 Å². The molecule has 1 aromatic carbocycles. The van der Waals surface area contributed by atoms with Gasteiger partial charge in [0.25, 0.3) is 0 Å². The summed E-state index contributed by atoms with van der Waals surface area (Å²) in [5, 5.41) is 0. The van der Waals surface area contributed by atoms with Crippen LogP contribution < -0.4 is 5.72 Å². The van der Waals surface area contributed by atoms with Crippen molar-refractivity contribution in [2.75, 3.05) is 0 Å². The van der Waals surface area contributed by atoms with Crippen molar-refractivity contribution in [2.45, 2.75) is 45.8 Å². The van der Waals surface area contributed by atoms with Crippen molar-refractivity contribution in [3.05, 3.63) is 41.8 Å². The van der Waals surface area contributed by atoms with E-state index in [-0.39, 0.29) is 5.82 Å². The van der Waals surface area contributed by atoms with Gasteiger partial charge in [-0.25, -0.2) is 14.4 Å². The third kappa shape index (κ3) is 2.89. The molecule has 2 aromatic rings. The van der Waals surface area contributed by atoms with E-state index in [1.54, 1.807) is 18.3 Å². The highest BCUT2D eigenvalue weighted by atomic mass is 19.1. The monoisotopic (exact) mass is 314 g/mol. The third-order valence-corrected chi connectivity index (χ3v) is 4.60. The van der Waals surface area contributed by atoms with Gasteiger partial charge in [-0.15, -0.1) is 0 Å². The molecule has 4 nitrogen and oxygen atoms in total. The van der Waals surface area contributed by atoms with Crippen LogP contribution in [0.15, 0.2) is 30.5 Å². The van der Waals surface area contributed by atoms with Gasteiger partial charge in [-0.2, -0.15) is 0 Å². The Kier molecular flexibility index (Phi) is 3.77. The van der Waals surface area contributed by atoms with Crippen LogP contribution in [0.4, 0.5) is 4.39 Å². The fourth-order valence-electron chi connectivity index (χ4n) is 2.50. The summed E-state index contributed by atoms with van der Waals surface area (Å²) in [5.74, 6) is -0.258. The number of aromatic nitrogens is 2. The van der Waals surface area contributed by atoms with E-state index in [1.807, 2.05) is 34.6 Å². The van der Waals surface area contributed by atoms with Crippen molar-refractivity contribution in [1.82, 2.24) is 9.97 Å². The van der Waals surface area contributed by atoms with Crippen LogP contribution in [0.5, 0.6) is 0 Å². The maximum atomic E-state index is 13.3. The zero-order valence-electron chi connectivity index (χ0n) is 14.1. The van der Waals surface area contributed by atoms with Crippen LogP contribution in [-0.4, -0.2) is 28.3 Å². The lowest BCUT2D eigenvalue weighted by atomic mass is 9.88. The second-order valence-corrected chi connectivity index (χ2v) is 6.85. The van der Waals surface area contributed by atoms with Crippen molar-refractivity contribution in [1.29, 1.82) is 0 Å². The minimum atomic E-state index is -0.610. The maximum absolute atomic E-state index is 13.3. The molecule has 0 unspecified atom stereocenters. The first-order valence-electron chi connectivity index (χ1n) is 7.65. The van der Waals surface area contributed by atoms with E-state index in [0.29, 0.717) is 5.72 Å². The van der Waals surface area contributed by atoms with Gasteiger partial charge in [0.05, 0.1) is 16.9 Å². The molecule has 1 aliphatic heterocycles. The van der Waals surface area contributed by atoms with Crippen LogP contribution in [0.1, 0.15) is 33.3 Å². The molecule has 1 saturated heterocycles. The minimum absolute atomic E-state index is 0.258. The molecule has 6 heteroatoms. The predicted octanol–water partition coefficient (Wildman–Crippen LogP) is 2.89. The van der Waals surface area contributed by atoms with Gasteiger partial charge in [-0.3, -0.25) is 0 Å². The number of aryl methyl sites for hydroxylation is 1. The van der Waals surface area contributed by atoms with E-state index < -0.39 is 18.3 Å². The first kappa shape index (κ1) is 16.1. The summed E-state index contributed by atoms with van der Waals surface area (Å²) in [6.07, 6.45) is 1.67. The topological polar surface area (TPSA) is 44.2 Å². The van der Waals surface area contributed by atoms with Gasteiger partial charge in [0.15, 0.2) is 5.72 Å². The molecule has 0 spiro atoms. The molecule has 1 aromatic heterocycles. The molecular weight excluding hydrogens is 294 g/mol. The first-order valence-corrected chi connectivity index (χ1v) is 7.65. The van der Waals surface area contributed by atoms with Crippen LogP contribution in [0, 0.1) is 12.7 Å². The Morgan fingerprint density at radius 1 is 1.04 bits per heavy atom. The average molecular weight is 314 g/mol. The SMILES string of the molecule is Cc1cc(F)ccc1-c1ccnc(B2OC(C)(C)C(C)(C)O2)n1. The molecule has 1 aliphatic rings. The van der Waals surface area contributed by atoms with Crippen LogP contribution in [0.25, 0.3) is 11.3 Å². The predicted molar refractivity (Wildman–Crippen MR) is 87.9 cm³/mol. The van der Waals surface area contributed by atoms with Gasteiger partial charge < -0.3 is 9.31 Å². The molecule has 0 atom stereocenters. The summed E-state index contributed by atoms with van der Waals surface area (Å²) in [6.45, 7) is 9.80. The molecule has 3 rings (SSSR count). The van der Waals surface area contributed by atoms with Gasteiger partial charge in [0.1, 0.15) is 5.82 Å². The third-order valence-electron chi connectivity index (χ3n) is 4.60. The second-order valence-electron chi connectivity index (χ2n) is 6.85. The number of benzene rings is 1. The summed E-state index contributed by atoms with van der Waals surface area (Å²) in [4.78, 5) is 8.85. The second kappa shape index (κ2) is 5.39. The molecule has 120 valence electrons. The average Bonchev–Trinajstić information content (AvgIpc) is 2.68. The van der Waals surface area contributed by atoms with Crippen LogP contribution >= 0.6 is 0 Å². The molecule has 2 heterocycles. The number of hydrogen-bond acceptors (Lipinski definition) is 4. The van der Waals surface area contributed by atoms with E-state index in [2.05, 4.69) is 9.97 Å². The quantitative estimate of drug-likeness (QED) is 0.800. The molecular formula is C17H20BFN2O2.